The van der Waals surface area contributed by atoms with E-state index in [0.717, 1.165) is 15.4 Å². The molecule has 0 nitrogen and oxygen atoms in total. The molecule has 0 aromatic heterocycles. The molecule has 3 aliphatic carbocycles. The first kappa shape index (κ1) is 33.7. The average molecular weight is 808 g/mol. The van der Waals surface area contributed by atoms with Crippen molar-refractivity contribution in [2.75, 3.05) is 5.83 Å². The molecule has 0 amide bonds. The highest BCUT2D eigenvalue weighted by molar-refractivity contribution is 9.10. The SMILES string of the molecule is CBr.CC1(C)c2cc(Br)ccc2-c2ccc(Br)cc21.CC1(C)c2ccccc2-c2ccccc21.c1ccc2c(c1)Cc1ccccc1-2. The normalized spacial score (nSPS) is 14.2. The van der Waals surface area contributed by atoms with Crippen LogP contribution in [0.4, 0.5) is 0 Å². The Labute approximate surface area is 305 Å². The van der Waals surface area contributed by atoms with Crippen molar-refractivity contribution in [3.05, 3.63) is 176 Å². The Morgan fingerprint density at radius 3 is 1.13 bits per heavy atom. The third-order valence-electron chi connectivity index (χ3n) is 9.80. The number of hydrogen-bond donors (Lipinski definition) is 0. The van der Waals surface area contributed by atoms with Gasteiger partial charge in [-0.25, -0.2) is 0 Å². The van der Waals surface area contributed by atoms with Gasteiger partial charge in [-0.2, -0.15) is 0 Å². The molecule has 0 N–H and O–H groups in total. The summed E-state index contributed by atoms with van der Waals surface area (Å²) in [4.78, 5) is 0. The van der Waals surface area contributed by atoms with Crippen molar-refractivity contribution in [3.63, 3.8) is 0 Å². The van der Waals surface area contributed by atoms with Gasteiger partial charge in [0.25, 0.3) is 0 Å². The first-order valence-corrected chi connectivity index (χ1v) is 19.2. The lowest BCUT2D eigenvalue weighted by Gasteiger charge is -2.21. The lowest BCUT2D eigenvalue weighted by Crippen LogP contribution is -2.14. The van der Waals surface area contributed by atoms with E-state index in [9.17, 15) is 0 Å². The molecule has 0 aliphatic heterocycles. The minimum Gasteiger partial charge on any atom is -0.0966 e. The highest BCUT2D eigenvalue weighted by atomic mass is 79.9. The highest BCUT2D eigenvalue weighted by Crippen LogP contribution is 2.50. The first-order valence-electron chi connectivity index (χ1n) is 16.0. The average Bonchev–Trinajstić information content (AvgIpc) is 3.66. The summed E-state index contributed by atoms with van der Waals surface area (Å²) in [6, 6.07) is 47.9. The molecule has 3 heteroatoms. The maximum absolute atomic E-state index is 3.57. The zero-order valence-corrected chi connectivity index (χ0v) is 32.3. The number of hydrogen-bond acceptors (Lipinski definition) is 0. The summed E-state index contributed by atoms with van der Waals surface area (Å²) in [6.45, 7) is 9.18. The van der Waals surface area contributed by atoms with Crippen LogP contribution in [0.5, 0.6) is 0 Å². The predicted molar refractivity (Wildman–Crippen MR) is 213 cm³/mol. The van der Waals surface area contributed by atoms with E-state index in [0.29, 0.717) is 0 Å². The minimum absolute atomic E-state index is 0.0816. The van der Waals surface area contributed by atoms with Gasteiger partial charge in [0, 0.05) is 19.8 Å². The van der Waals surface area contributed by atoms with Gasteiger partial charge in [0.15, 0.2) is 0 Å². The molecule has 0 fully saturated rings. The maximum Gasteiger partial charge on any atom is 0.0178 e. The van der Waals surface area contributed by atoms with Crippen LogP contribution < -0.4 is 0 Å². The topological polar surface area (TPSA) is 0 Å². The van der Waals surface area contributed by atoms with Crippen LogP contribution in [0.2, 0.25) is 0 Å². The van der Waals surface area contributed by atoms with Crippen LogP contribution in [0, 0.1) is 0 Å². The smallest absolute Gasteiger partial charge is 0.0178 e. The van der Waals surface area contributed by atoms with Gasteiger partial charge in [0.2, 0.25) is 0 Å². The van der Waals surface area contributed by atoms with Crippen molar-refractivity contribution in [3.8, 4) is 33.4 Å². The molecule has 0 bridgehead atoms. The molecular formula is C44H39Br3. The summed E-state index contributed by atoms with van der Waals surface area (Å²) in [6.07, 6.45) is 1.10. The number of halogens is 3. The summed E-state index contributed by atoms with van der Waals surface area (Å²) in [5.41, 5.74) is 17.2. The second-order valence-corrected chi connectivity index (χ2v) is 15.0. The maximum atomic E-state index is 3.57. The lowest BCUT2D eigenvalue weighted by molar-refractivity contribution is 0.659. The van der Waals surface area contributed by atoms with Crippen molar-refractivity contribution < 1.29 is 0 Å². The first-order chi connectivity index (χ1) is 22.7. The monoisotopic (exact) mass is 804 g/mol. The second kappa shape index (κ2) is 13.7. The van der Waals surface area contributed by atoms with Crippen LogP contribution in [0.1, 0.15) is 61.1 Å². The number of fused-ring (bicyclic) bond motifs is 9. The van der Waals surface area contributed by atoms with E-state index in [1.54, 1.807) is 0 Å². The van der Waals surface area contributed by atoms with Gasteiger partial charge < -0.3 is 0 Å². The molecule has 0 radical (unpaired) electrons. The molecule has 0 unspecified atom stereocenters. The van der Waals surface area contributed by atoms with E-state index >= 15 is 0 Å². The molecular weight excluding hydrogens is 768 g/mol. The van der Waals surface area contributed by atoms with Crippen LogP contribution in [-0.4, -0.2) is 5.83 Å². The van der Waals surface area contributed by atoms with Gasteiger partial charge in [0.05, 0.1) is 0 Å². The zero-order chi connectivity index (χ0) is 33.3. The van der Waals surface area contributed by atoms with E-state index in [4.69, 9.17) is 0 Å². The quantitative estimate of drug-likeness (QED) is 0.134. The highest BCUT2D eigenvalue weighted by Gasteiger charge is 2.36. The Balaban J connectivity index is 0.000000121. The third kappa shape index (κ3) is 6.23. The van der Waals surface area contributed by atoms with Gasteiger partial charge in [-0.05, 0) is 103 Å². The third-order valence-corrected chi connectivity index (χ3v) is 10.8. The zero-order valence-electron chi connectivity index (χ0n) is 27.5. The van der Waals surface area contributed by atoms with Gasteiger partial charge in [-0.3, -0.25) is 0 Å². The molecule has 6 aromatic carbocycles. The Bertz CT molecular complexity index is 1920. The second-order valence-electron chi connectivity index (χ2n) is 13.2. The molecule has 47 heavy (non-hydrogen) atoms. The summed E-state index contributed by atoms with van der Waals surface area (Å²) in [7, 11) is 0. The van der Waals surface area contributed by atoms with Crippen molar-refractivity contribution in [2.45, 2.75) is 44.9 Å². The molecule has 0 saturated carbocycles. The van der Waals surface area contributed by atoms with Crippen LogP contribution in [0.25, 0.3) is 33.4 Å². The Kier molecular flexibility index (Phi) is 9.81. The molecule has 236 valence electrons. The largest absolute Gasteiger partial charge is 0.0966 e. The fraction of sp³-hybridized carbons (Fsp3) is 0.182. The van der Waals surface area contributed by atoms with Crippen LogP contribution >= 0.6 is 47.8 Å². The molecule has 0 spiro atoms. The van der Waals surface area contributed by atoms with Gasteiger partial charge in [0.1, 0.15) is 0 Å². The predicted octanol–water partition coefficient (Wildman–Crippen LogP) is 13.8. The molecule has 0 heterocycles. The summed E-state index contributed by atoms with van der Waals surface area (Å²) in [5.74, 6) is 1.81. The van der Waals surface area contributed by atoms with Gasteiger partial charge in [-0.15, -0.1) is 0 Å². The Morgan fingerprint density at radius 1 is 0.383 bits per heavy atom. The standard InChI is InChI=1S/C15H12Br2.C15H14.C13H10.CH3Br/c1-15(2)13-7-9(16)3-5-11(13)12-6-4-10(17)8-14(12)15;1-15(2)13-9-5-3-7-11(13)12-8-4-6-10-14(12)15;1-3-7-12-10(5-1)9-11-6-2-4-8-13(11)12;1-2/h3-8H,1-2H3;3-10H,1-2H3;1-8H,9H2;1H3. The molecule has 9 rings (SSSR count). The fourth-order valence-corrected chi connectivity index (χ4v) is 8.15. The number of benzene rings is 6. The molecule has 6 aromatic rings. The van der Waals surface area contributed by atoms with Gasteiger partial charge >= 0.3 is 0 Å². The summed E-state index contributed by atoms with van der Waals surface area (Å²) < 4.78 is 2.30. The van der Waals surface area contributed by atoms with Crippen molar-refractivity contribution in [1.82, 2.24) is 0 Å². The fourth-order valence-electron chi connectivity index (χ4n) is 7.43. The van der Waals surface area contributed by atoms with Crippen molar-refractivity contribution in [2.24, 2.45) is 0 Å². The van der Waals surface area contributed by atoms with E-state index in [1.165, 1.54) is 66.8 Å². The van der Waals surface area contributed by atoms with Crippen LogP contribution in [0.15, 0.2) is 142 Å². The van der Waals surface area contributed by atoms with E-state index < -0.39 is 0 Å². The van der Waals surface area contributed by atoms with E-state index in [2.05, 4.69) is 209 Å². The van der Waals surface area contributed by atoms with Crippen LogP contribution in [0.3, 0.4) is 0 Å². The summed E-state index contributed by atoms with van der Waals surface area (Å²) in [5, 5.41) is 0. The van der Waals surface area contributed by atoms with E-state index in [-0.39, 0.29) is 10.8 Å². The summed E-state index contributed by atoms with van der Waals surface area (Å²) >= 11 is 10.1. The molecule has 3 aliphatic rings. The lowest BCUT2D eigenvalue weighted by atomic mass is 9.82. The molecule has 0 atom stereocenters. The van der Waals surface area contributed by atoms with E-state index in [1.807, 2.05) is 5.83 Å². The molecule has 0 saturated heterocycles. The van der Waals surface area contributed by atoms with Gasteiger partial charge in [-0.1, -0.05) is 185 Å². The van der Waals surface area contributed by atoms with Crippen LogP contribution in [-0.2, 0) is 17.3 Å². The van der Waals surface area contributed by atoms with Crippen molar-refractivity contribution in [1.29, 1.82) is 0 Å². The Morgan fingerprint density at radius 2 is 0.702 bits per heavy atom. The number of rotatable bonds is 0. The number of alkyl halides is 1. The van der Waals surface area contributed by atoms with Crippen molar-refractivity contribution >= 4 is 47.8 Å². The Hall–Kier alpha value is -3.24. The minimum atomic E-state index is 0.0816.